The van der Waals surface area contributed by atoms with Crippen molar-refractivity contribution < 1.29 is 0 Å². The topological polar surface area (TPSA) is 24.9 Å². The van der Waals surface area contributed by atoms with Gasteiger partial charge in [0.25, 0.3) is 0 Å². The number of nitrogens with one attached hydrogen (secondary N) is 1. The maximum atomic E-state index is 4.40. The Balaban J connectivity index is 2.10. The highest BCUT2D eigenvalue weighted by molar-refractivity contribution is 7.09. The first kappa shape index (κ1) is 13.2. The molecule has 0 aliphatic heterocycles. The molecule has 18 heavy (non-hydrogen) atoms. The Bertz CT molecular complexity index is 515. The Morgan fingerprint density at radius 1 is 1.28 bits per heavy atom. The number of thiazole rings is 1. The van der Waals surface area contributed by atoms with Crippen molar-refractivity contribution in [1.82, 2.24) is 10.3 Å². The molecule has 0 spiro atoms. The lowest BCUT2D eigenvalue weighted by molar-refractivity contribution is 0.399. The highest BCUT2D eigenvalue weighted by Crippen LogP contribution is 2.23. The summed E-state index contributed by atoms with van der Waals surface area (Å²) in [6, 6.07) is 6.47. The molecule has 1 aromatic carbocycles. The monoisotopic (exact) mass is 260 g/mol. The summed E-state index contributed by atoms with van der Waals surface area (Å²) in [4.78, 5) is 4.40. The third-order valence-electron chi connectivity index (χ3n) is 3.40. The highest BCUT2D eigenvalue weighted by atomic mass is 32.1. The lowest BCUT2D eigenvalue weighted by Gasteiger charge is -2.24. The molecule has 0 atom stereocenters. The van der Waals surface area contributed by atoms with E-state index in [1.165, 1.54) is 16.7 Å². The van der Waals surface area contributed by atoms with Crippen molar-refractivity contribution in [1.29, 1.82) is 0 Å². The second-order valence-corrected chi connectivity index (χ2v) is 6.07. The second-order valence-electron chi connectivity index (χ2n) is 5.17. The molecule has 96 valence electrons. The maximum absolute atomic E-state index is 4.40. The molecule has 0 aliphatic carbocycles. The van der Waals surface area contributed by atoms with Gasteiger partial charge in [-0.15, -0.1) is 11.3 Å². The van der Waals surface area contributed by atoms with Gasteiger partial charge in [0.05, 0.1) is 5.54 Å². The quantitative estimate of drug-likeness (QED) is 0.905. The molecule has 2 rings (SSSR count). The molecule has 0 fully saturated rings. The first-order chi connectivity index (χ1) is 8.50. The number of aromatic nitrogens is 1. The van der Waals surface area contributed by atoms with Crippen LogP contribution in [0.15, 0.2) is 29.8 Å². The first-order valence-electron chi connectivity index (χ1n) is 6.21. The van der Waals surface area contributed by atoms with Crippen LogP contribution in [0.1, 0.15) is 35.5 Å². The fourth-order valence-electron chi connectivity index (χ4n) is 1.93. The zero-order valence-corrected chi connectivity index (χ0v) is 12.3. The van der Waals surface area contributed by atoms with Gasteiger partial charge < -0.3 is 5.32 Å². The summed E-state index contributed by atoms with van der Waals surface area (Å²) in [5.74, 6) is 0. The minimum Gasteiger partial charge on any atom is -0.302 e. The molecule has 0 aliphatic rings. The molecule has 0 saturated heterocycles. The zero-order valence-electron chi connectivity index (χ0n) is 11.4. The average molecular weight is 260 g/mol. The van der Waals surface area contributed by atoms with Gasteiger partial charge in [-0.2, -0.15) is 0 Å². The van der Waals surface area contributed by atoms with Gasteiger partial charge in [-0.3, -0.25) is 0 Å². The summed E-state index contributed by atoms with van der Waals surface area (Å²) in [5, 5.41) is 6.75. The standard InChI is InChI=1S/C15H20N2S/c1-11-6-5-7-13(12(11)2)10-17-15(3,4)14-16-8-9-18-14/h5-9,17H,10H2,1-4H3. The number of aryl methyl sites for hydroxylation is 1. The van der Waals surface area contributed by atoms with Crippen LogP contribution in [0.25, 0.3) is 0 Å². The molecular weight excluding hydrogens is 240 g/mol. The Morgan fingerprint density at radius 3 is 2.72 bits per heavy atom. The molecule has 0 amide bonds. The van der Waals surface area contributed by atoms with Gasteiger partial charge in [0.2, 0.25) is 0 Å². The van der Waals surface area contributed by atoms with E-state index in [1.807, 2.05) is 11.6 Å². The Kier molecular flexibility index (Phi) is 3.83. The fraction of sp³-hybridized carbons (Fsp3) is 0.400. The molecular formula is C15H20N2S. The van der Waals surface area contributed by atoms with Gasteiger partial charge in [0.1, 0.15) is 5.01 Å². The van der Waals surface area contributed by atoms with E-state index in [4.69, 9.17) is 0 Å². The first-order valence-corrected chi connectivity index (χ1v) is 7.09. The molecule has 2 aromatic rings. The third-order valence-corrected chi connectivity index (χ3v) is 4.50. The Morgan fingerprint density at radius 2 is 2.06 bits per heavy atom. The predicted molar refractivity (Wildman–Crippen MR) is 77.9 cm³/mol. The summed E-state index contributed by atoms with van der Waals surface area (Å²) in [7, 11) is 0. The molecule has 1 heterocycles. The minimum absolute atomic E-state index is 0.0790. The van der Waals surface area contributed by atoms with Crippen LogP contribution in [0.3, 0.4) is 0 Å². The predicted octanol–water partition coefficient (Wildman–Crippen LogP) is 3.78. The maximum Gasteiger partial charge on any atom is 0.112 e. The van der Waals surface area contributed by atoms with Gasteiger partial charge in [0.15, 0.2) is 0 Å². The second kappa shape index (κ2) is 5.21. The van der Waals surface area contributed by atoms with Crippen LogP contribution in [0.2, 0.25) is 0 Å². The number of hydrogen-bond acceptors (Lipinski definition) is 3. The average Bonchev–Trinajstić information content (AvgIpc) is 2.85. The minimum atomic E-state index is -0.0790. The van der Waals surface area contributed by atoms with Crippen molar-refractivity contribution >= 4 is 11.3 Å². The van der Waals surface area contributed by atoms with E-state index in [1.54, 1.807) is 11.3 Å². The molecule has 0 unspecified atom stereocenters. The number of benzene rings is 1. The van der Waals surface area contributed by atoms with Crippen LogP contribution in [-0.2, 0) is 12.1 Å². The van der Waals surface area contributed by atoms with Crippen molar-refractivity contribution in [2.45, 2.75) is 39.8 Å². The molecule has 0 radical (unpaired) electrons. The highest BCUT2D eigenvalue weighted by Gasteiger charge is 2.22. The summed E-state index contributed by atoms with van der Waals surface area (Å²) in [6.45, 7) is 9.57. The van der Waals surface area contributed by atoms with Crippen molar-refractivity contribution in [2.75, 3.05) is 0 Å². The molecule has 0 saturated carbocycles. The smallest absolute Gasteiger partial charge is 0.112 e. The van der Waals surface area contributed by atoms with Gasteiger partial charge in [-0.1, -0.05) is 18.2 Å². The lowest BCUT2D eigenvalue weighted by atomic mass is 10.0. The van der Waals surface area contributed by atoms with E-state index in [2.05, 4.69) is 56.2 Å². The molecule has 0 bridgehead atoms. The van der Waals surface area contributed by atoms with Crippen LogP contribution < -0.4 is 5.32 Å². The fourth-order valence-corrected chi connectivity index (χ4v) is 2.67. The summed E-state index contributed by atoms with van der Waals surface area (Å²) in [5.41, 5.74) is 4.01. The Labute approximate surface area is 113 Å². The van der Waals surface area contributed by atoms with Crippen LogP contribution in [-0.4, -0.2) is 4.98 Å². The van der Waals surface area contributed by atoms with Crippen LogP contribution in [0.5, 0.6) is 0 Å². The van der Waals surface area contributed by atoms with E-state index in [0.29, 0.717) is 0 Å². The largest absolute Gasteiger partial charge is 0.302 e. The van der Waals surface area contributed by atoms with Crippen molar-refractivity contribution in [3.8, 4) is 0 Å². The van der Waals surface area contributed by atoms with Crippen LogP contribution in [0.4, 0.5) is 0 Å². The van der Waals surface area contributed by atoms with Crippen molar-refractivity contribution in [3.63, 3.8) is 0 Å². The van der Waals surface area contributed by atoms with E-state index < -0.39 is 0 Å². The van der Waals surface area contributed by atoms with E-state index >= 15 is 0 Å². The summed E-state index contributed by atoms with van der Waals surface area (Å²) >= 11 is 1.70. The number of hydrogen-bond donors (Lipinski definition) is 1. The summed E-state index contributed by atoms with van der Waals surface area (Å²) in [6.07, 6.45) is 1.86. The number of nitrogens with zero attached hydrogens (tertiary/aromatic N) is 1. The lowest BCUT2D eigenvalue weighted by Crippen LogP contribution is -2.36. The van der Waals surface area contributed by atoms with Gasteiger partial charge in [-0.25, -0.2) is 4.98 Å². The molecule has 1 aromatic heterocycles. The summed E-state index contributed by atoms with van der Waals surface area (Å²) < 4.78 is 0. The van der Waals surface area contributed by atoms with Crippen molar-refractivity contribution in [2.24, 2.45) is 0 Å². The molecule has 2 nitrogen and oxygen atoms in total. The molecule has 3 heteroatoms. The van der Waals surface area contributed by atoms with Crippen LogP contribution >= 0.6 is 11.3 Å². The number of rotatable bonds is 4. The third kappa shape index (κ3) is 2.79. The van der Waals surface area contributed by atoms with E-state index in [-0.39, 0.29) is 5.54 Å². The van der Waals surface area contributed by atoms with Crippen molar-refractivity contribution in [3.05, 3.63) is 51.5 Å². The normalized spacial score (nSPS) is 11.8. The molecule has 1 N–H and O–H groups in total. The van der Waals surface area contributed by atoms with Gasteiger partial charge >= 0.3 is 0 Å². The van der Waals surface area contributed by atoms with E-state index in [9.17, 15) is 0 Å². The van der Waals surface area contributed by atoms with Crippen LogP contribution in [0, 0.1) is 13.8 Å². The van der Waals surface area contributed by atoms with Gasteiger partial charge in [0, 0.05) is 18.1 Å². The van der Waals surface area contributed by atoms with Gasteiger partial charge in [-0.05, 0) is 44.4 Å². The Hall–Kier alpha value is -1.19. The zero-order chi connectivity index (χ0) is 13.2. The SMILES string of the molecule is Cc1cccc(CNC(C)(C)c2nccs2)c1C. The van der Waals surface area contributed by atoms with E-state index in [0.717, 1.165) is 11.6 Å².